The number of nitrogen functional groups attached to an aromatic ring is 1. The highest BCUT2D eigenvalue weighted by molar-refractivity contribution is 7.92. The monoisotopic (exact) mass is 326 g/mol. The summed E-state index contributed by atoms with van der Waals surface area (Å²) in [5.41, 5.74) is 5.91. The quantitative estimate of drug-likeness (QED) is 0.896. The zero-order valence-electron chi connectivity index (χ0n) is 11.5. The van der Waals surface area contributed by atoms with Crippen molar-refractivity contribution in [3.63, 3.8) is 0 Å². The number of aromatic nitrogens is 2. The Bertz CT molecular complexity index is 763. The molecule has 112 valence electrons. The van der Waals surface area contributed by atoms with Gasteiger partial charge in [-0.2, -0.15) is 4.98 Å². The van der Waals surface area contributed by atoms with Crippen molar-refractivity contribution in [3.05, 3.63) is 35.5 Å². The minimum Gasteiger partial charge on any atom is -0.368 e. The van der Waals surface area contributed by atoms with E-state index in [1.54, 1.807) is 32.0 Å². The van der Waals surface area contributed by atoms with E-state index in [2.05, 4.69) is 15.3 Å². The molecule has 2 aromatic rings. The van der Waals surface area contributed by atoms with Gasteiger partial charge in [0.25, 0.3) is 0 Å². The molecule has 0 saturated carbocycles. The van der Waals surface area contributed by atoms with Gasteiger partial charge in [-0.05, 0) is 26.0 Å². The first-order valence-corrected chi connectivity index (χ1v) is 8.12. The van der Waals surface area contributed by atoms with Gasteiger partial charge in [0.05, 0.1) is 22.0 Å². The van der Waals surface area contributed by atoms with Crippen LogP contribution in [0.15, 0.2) is 35.4 Å². The first-order chi connectivity index (χ1) is 9.82. The van der Waals surface area contributed by atoms with E-state index in [4.69, 9.17) is 17.3 Å². The lowest BCUT2D eigenvalue weighted by Crippen LogP contribution is -2.15. The highest BCUT2D eigenvalue weighted by Gasteiger charge is 2.22. The summed E-state index contributed by atoms with van der Waals surface area (Å²) in [4.78, 5) is 7.91. The summed E-state index contributed by atoms with van der Waals surface area (Å²) in [5, 5.41) is 2.62. The second-order valence-electron chi connectivity index (χ2n) is 4.64. The van der Waals surface area contributed by atoms with Crippen molar-refractivity contribution in [1.29, 1.82) is 0 Å². The Kier molecular flexibility index (Phi) is 4.34. The maximum Gasteiger partial charge on any atom is 0.222 e. The average Bonchev–Trinajstić information content (AvgIpc) is 2.43. The molecule has 0 aliphatic heterocycles. The third-order valence-corrected chi connectivity index (χ3v) is 5.32. The Morgan fingerprint density at radius 1 is 1.29 bits per heavy atom. The predicted molar refractivity (Wildman–Crippen MR) is 83.5 cm³/mol. The van der Waals surface area contributed by atoms with Gasteiger partial charge in [0.2, 0.25) is 5.95 Å². The summed E-state index contributed by atoms with van der Waals surface area (Å²) < 4.78 is 24.7. The molecule has 3 N–H and O–H groups in total. The van der Waals surface area contributed by atoms with Gasteiger partial charge in [-0.15, -0.1) is 0 Å². The SMILES string of the molecule is CC(C)S(=O)(=O)c1ccccc1Nc1nc(N)ncc1Cl. The number of sulfone groups is 1. The molecule has 0 aliphatic rings. The number of nitrogens with one attached hydrogen (secondary N) is 1. The summed E-state index contributed by atoms with van der Waals surface area (Å²) in [5.74, 6) is 0.307. The van der Waals surface area contributed by atoms with E-state index in [1.165, 1.54) is 12.3 Å². The Balaban J connectivity index is 2.49. The molecule has 0 fully saturated rings. The van der Waals surface area contributed by atoms with Crippen LogP contribution in [0, 0.1) is 0 Å². The number of halogens is 1. The van der Waals surface area contributed by atoms with Crippen LogP contribution < -0.4 is 11.1 Å². The Hall–Kier alpha value is -1.86. The smallest absolute Gasteiger partial charge is 0.222 e. The summed E-state index contributed by atoms with van der Waals surface area (Å²) >= 11 is 5.98. The number of nitrogens with zero attached hydrogens (tertiary/aromatic N) is 2. The van der Waals surface area contributed by atoms with Crippen LogP contribution in [0.1, 0.15) is 13.8 Å². The van der Waals surface area contributed by atoms with Crippen molar-refractivity contribution >= 4 is 38.9 Å². The zero-order chi connectivity index (χ0) is 15.6. The minimum atomic E-state index is -3.43. The molecule has 0 unspecified atom stereocenters. The topological polar surface area (TPSA) is 98.0 Å². The van der Waals surface area contributed by atoms with Gasteiger partial charge in [-0.25, -0.2) is 13.4 Å². The average molecular weight is 327 g/mol. The van der Waals surface area contributed by atoms with E-state index in [0.29, 0.717) is 5.69 Å². The highest BCUT2D eigenvalue weighted by Crippen LogP contribution is 2.29. The van der Waals surface area contributed by atoms with Crippen molar-refractivity contribution in [2.24, 2.45) is 0 Å². The summed E-state index contributed by atoms with van der Waals surface area (Å²) in [6, 6.07) is 6.57. The third kappa shape index (κ3) is 3.25. The van der Waals surface area contributed by atoms with Crippen LogP contribution >= 0.6 is 11.6 Å². The molecule has 0 radical (unpaired) electrons. The summed E-state index contributed by atoms with van der Waals surface area (Å²) in [6.07, 6.45) is 1.35. The van der Waals surface area contributed by atoms with Gasteiger partial charge in [-0.3, -0.25) is 0 Å². The molecule has 0 amide bonds. The largest absolute Gasteiger partial charge is 0.368 e. The third-order valence-electron chi connectivity index (χ3n) is 2.83. The van der Waals surface area contributed by atoms with E-state index in [0.717, 1.165) is 0 Å². The van der Waals surface area contributed by atoms with Gasteiger partial charge < -0.3 is 11.1 Å². The van der Waals surface area contributed by atoms with Crippen molar-refractivity contribution < 1.29 is 8.42 Å². The molecule has 1 aromatic heterocycles. The molecule has 21 heavy (non-hydrogen) atoms. The van der Waals surface area contributed by atoms with Crippen LogP contribution in [0.4, 0.5) is 17.5 Å². The van der Waals surface area contributed by atoms with Crippen LogP contribution in [0.5, 0.6) is 0 Å². The number of benzene rings is 1. The molecule has 0 spiro atoms. The molecule has 0 atom stereocenters. The lowest BCUT2D eigenvalue weighted by molar-refractivity contribution is 0.588. The number of para-hydroxylation sites is 1. The summed E-state index contributed by atoms with van der Waals surface area (Å²) in [6.45, 7) is 3.25. The second-order valence-corrected chi connectivity index (χ2v) is 7.52. The van der Waals surface area contributed by atoms with E-state index in [9.17, 15) is 8.42 Å². The van der Waals surface area contributed by atoms with Crippen LogP contribution in [0.2, 0.25) is 5.02 Å². The van der Waals surface area contributed by atoms with Gasteiger partial charge in [0.1, 0.15) is 5.02 Å². The van der Waals surface area contributed by atoms with Crippen molar-refractivity contribution in [1.82, 2.24) is 9.97 Å². The standard InChI is InChI=1S/C13H15ClN4O2S/c1-8(2)21(19,20)11-6-4-3-5-10(11)17-12-9(14)7-16-13(15)18-12/h3-8H,1-2H3,(H3,15,16,17,18). The van der Waals surface area contributed by atoms with Crippen LogP contribution in [-0.2, 0) is 9.84 Å². The Morgan fingerprint density at radius 3 is 2.62 bits per heavy atom. The molecule has 0 bridgehead atoms. The number of nitrogens with two attached hydrogens (primary N) is 1. The number of hydrogen-bond donors (Lipinski definition) is 2. The van der Waals surface area contributed by atoms with Crippen molar-refractivity contribution in [2.75, 3.05) is 11.1 Å². The molecular formula is C13H15ClN4O2S. The normalized spacial score (nSPS) is 11.6. The first-order valence-electron chi connectivity index (χ1n) is 6.20. The van der Waals surface area contributed by atoms with E-state index in [-0.39, 0.29) is 21.7 Å². The van der Waals surface area contributed by atoms with Gasteiger partial charge in [-0.1, -0.05) is 23.7 Å². The number of rotatable bonds is 4. The maximum absolute atomic E-state index is 12.4. The molecular weight excluding hydrogens is 312 g/mol. The molecule has 1 heterocycles. The van der Waals surface area contributed by atoms with Crippen LogP contribution in [-0.4, -0.2) is 23.6 Å². The molecule has 0 saturated heterocycles. The highest BCUT2D eigenvalue weighted by atomic mass is 35.5. The molecule has 1 aromatic carbocycles. The Labute approximate surface area is 128 Å². The zero-order valence-corrected chi connectivity index (χ0v) is 13.1. The first kappa shape index (κ1) is 15.5. The Morgan fingerprint density at radius 2 is 1.95 bits per heavy atom. The molecule has 0 aliphatic carbocycles. The minimum absolute atomic E-state index is 0.0473. The van der Waals surface area contributed by atoms with Gasteiger partial charge in [0.15, 0.2) is 15.7 Å². The van der Waals surface area contributed by atoms with E-state index < -0.39 is 15.1 Å². The fraction of sp³-hybridized carbons (Fsp3) is 0.231. The summed E-state index contributed by atoms with van der Waals surface area (Å²) in [7, 11) is -3.43. The number of anilines is 3. The molecule has 2 rings (SSSR count). The lowest BCUT2D eigenvalue weighted by Gasteiger charge is -2.14. The predicted octanol–water partition coefficient (Wildman–Crippen LogP) is 2.64. The van der Waals surface area contributed by atoms with Crippen LogP contribution in [0.3, 0.4) is 0 Å². The van der Waals surface area contributed by atoms with Crippen LogP contribution in [0.25, 0.3) is 0 Å². The molecule has 8 heteroatoms. The fourth-order valence-electron chi connectivity index (χ4n) is 1.67. The van der Waals surface area contributed by atoms with Crippen molar-refractivity contribution in [3.8, 4) is 0 Å². The molecule has 6 nitrogen and oxygen atoms in total. The lowest BCUT2D eigenvalue weighted by atomic mass is 10.3. The maximum atomic E-state index is 12.4. The fourth-order valence-corrected chi connectivity index (χ4v) is 3.01. The van der Waals surface area contributed by atoms with E-state index >= 15 is 0 Å². The van der Waals surface area contributed by atoms with E-state index in [1.807, 2.05) is 0 Å². The van der Waals surface area contributed by atoms with Gasteiger partial charge in [0, 0.05) is 0 Å². The second kappa shape index (κ2) is 5.87. The van der Waals surface area contributed by atoms with Gasteiger partial charge >= 0.3 is 0 Å². The number of hydrogen-bond acceptors (Lipinski definition) is 6. The van der Waals surface area contributed by atoms with Crippen molar-refractivity contribution in [2.45, 2.75) is 24.0 Å².